The summed E-state index contributed by atoms with van der Waals surface area (Å²) >= 11 is 1.69. The van der Waals surface area contributed by atoms with E-state index in [2.05, 4.69) is 17.0 Å². The van der Waals surface area contributed by atoms with Crippen molar-refractivity contribution in [1.29, 1.82) is 0 Å². The quantitative estimate of drug-likeness (QED) is 0.682. The molecule has 0 bridgehead atoms. The van der Waals surface area contributed by atoms with Crippen LogP contribution in [0.25, 0.3) is 0 Å². The number of amides is 2. The van der Waals surface area contributed by atoms with Crippen molar-refractivity contribution in [3.63, 3.8) is 0 Å². The predicted molar refractivity (Wildman–Crippen MR) is 113 cm³/mol. The van der Waals surface area contributed by atoms with Crippen molar-refractivity contribution in [2.45, 2.75) is 23.5 Å². The molecule has 1 aromatic carbocycles. The van der Waals surface area contributed by atoms with Crippen LogP contribution in [-0.2, 0) is 10.5 Å². The third-order valence-corrected chi connectivity index (χ3v) is 6.62. The number of carbonyl (C=O) groups is 2. The van der Waals surface area contributed by atoms with Gasteiger partial charge in [-0.25, -0.2) is 0 Å². The van der Waals surface area contributed by atoms with Crippen molar-refractivity contribution in [2.24, 2.45) is 0 Å². The van der Waals surface area contributed by atoms with Gasteiger partial charge in [-0.3, -0.25) is 14.5 Å². The van der Waals surface area contributed by atoms with Crippen molar-refractivity contribution < 1.29 is 14.0 Å². The zero-order chi connectivity index (χ0) is 20.1. The lowest BCUT2D eigenvalue weighted by Crippen LogP contribution is -2.51. The van der Waals surface area contributed by atoms with Gasteiger partial charge in [0, 0.05) is 55.5 Å². The van der Waals surface area contributed by atoms with Gasteiger partial charge in [-0.05, 0) is 31.0 Å². The maximum Gasteiger partial charge on any atom is 0.289 e. The van der Waals surface area contributed by atoms with Gasteiger partial charge in [0.05, 0.1) is 12.8 Å². The third kappa shape index (κ3) is 5.03. The van der Waals surface area contributed by atoms with E-state index in [4.69, 9.17) is 4.42 Å². The minimum atomic E-state index is -0.0517. The lowest BCUT2D eigenvalue weighted by Gasteiger charge is -2.34. The van der Waals surface area contributed by atoms with Gasteiger partial charge in [-0.2, -0.15) is 0 Å². The molecule has 0 atom stereocenters. The molecule has 0 spiro atoms. The number of nitrogens with zero attached hydrogens (tertiary/aromatic N) is 3. The molecule has 2 saturated heterocycles. The standard InChI is InChI=1S/C22H27N3O3S/c26-20(24-9-4-5-10-24)16-23-11-13-25(14-12-23)22(27)21-18(8-15-28-21)17-29-19-6-2-1-3-7-19/h1-3,6-8,15H,4-5,9-14,16-17H2. The highest BCUT2D eigenvalue weighted by molar-refractivity contribution is 7.98. The van der Waals surface area contributed by atoms with Crippen LogP contribution in [0.2, 0.25) is 0 Å². The summed E-state index contributed by atoms with van der Waals surface area (Å²) in [6.45, 7) is 4.93. The molecule has 4 rings (SSSR count). The molecular weight excluding hydrogens is 386 g/mol. The molecule has 2 aliphatic heterocycles. The maximum atomic E-state index is 13.0. The van der Waals surface area contributed by atoms with E-state index in [0.717, 1.165) is 44.6 Å². The summed E-state index contributed by atoms with van der Waals surface area (Å²) in [5, 5.41) is 0. The number of benzene rings is 1. The largest absolute Gasteiger partial charge is 0.459 e. The Hall–Kier alpha value is -2.25. The molecule has 0 N–H and O–H groups in total. The molecule has 7 heteroatoms. The zero-order valence-electron chi connectivity index (χ0n) is 16.6. The van der Waals surface area contributed by atoms with E-state index in [0.29, 0.717) is 31.1 Å². The fourth-order valence-corrected chi connectivity index (χ4v) is 4.72. The molecule has 0 radical (unpaired) electrons. The predicted octanol–water partition coefficient (Wildman–Crippen LogP) is 2.95. The number of carbonyl (C=O) groups excluding carboxylic acids is 2. The van der Waals surface area contributed by atoms with Crippen molar-refractivity contribution in [2.75, 3.05) is 45.8 Å². The van der Waals surface area contributed by atoms with Gasteiger partial charge in [-0.15, -0.1) is 11.8 Å². The Labute approximate surface area is 175 Å². The molecule has 2 amide bonds. The van der Waals surface area contributed by atoms with E-state index in [-0.39, 0.29) is 11.8 Å². The molecule has 3 heterocycles. The Bertz CT molecular complexity index is 825. The molecule has 2 aliphatic rings. The highest BCUT2D eigenvalue weighted by Crippen LogP contribution is 2.25. The Morgan fingerprint density at radius 2 is 1.62 bits per heavy atom. The molecule has 29 heavy (non-hydrogen) atoms. The summed E-state index contributed by atoms with van der Waals surface area (Å²) in [5.41, 5.74) is 0.926. The van der Waals surface area contributed by atoms with E-state index in [9.17, 15) is 9.59 Å². The summed E-state index contributed by atoms with van der Waals surface area (Å²) in [7, 11) is 0. The molecule has 6 nitrogen and oxygen atoms in total. The average molecular weight is 414 g/mol. The van der Waals surface area contributed by atoms with E-state index in [1.807, 2.05) is 34.1 Å². The van der Waals surface area contributed by atoms with Crippen LogP contribution in [-0.4, -0.2) is 72.3 Å². The minimum absolute atomic E-state index is 0.0517. The van der Waals surface area contributed by atoms with E-state index < -0.39 is 0 Å². The van der Waals surface area contributed by atoms with Gasteiger partial charge in [-0.1, -0.05) is 18.2 Å². The topological polar surface area (TPSA) is 57.0 Å². The van der Waals surface area contributed by atoms with Crippen LogP contribution in [0.15, 0.2) is 52.0 Å². The highest BCUT2D eigenvalue weighted by atomic mass is 32.2. The first-order valence-corrected chi connectivity index (χ1v) is 11.2. The Kier molecular flexibility index (Phi) is 6.56. The average Bonchev–Trinajstić information content (AvgIpc) is 3.45. The number of rotatable bonds is 6. The van der Waals surface area contributed by atoms with Crippen LogP contribution in [0.1, 0.15) is 29.0 Å². The lowest BCUT2D eigenvalue weighted by atomic mass is 10.2. The monoisotopic (exact) mass is 413 g/mol. The summed E-state index contributed by atoms with van der Waals surface area (Å²) in [6.07, 6.45) is 3.82. The second kappa shape index (κ2) is 9.50. The third-order valence-electron chi connectivity index (χ3n) is 5.56. The van der Waals surface area contributed by atoms with Crippen LogP contribution in [0, 0.1) is 0 Å². The molecule has 2 fully saturated rings. The molecule has 154 valence electrons. The Morgan fingerprint density at radius 1 is 0.897 bits per heavy atom. The fraction of sp³-hybridized carbons (Fsp3) is 0.455. The van der Waals surface area contributed by atoms with E-state index >= 15 is 0 Å². The molecular formula is C22H27N3O3S. The van der Waals surface area contributed by atoms with Crippen molar-refractivity contribution in [3.05, 3.63) is 54.0 Å². The molecule has 0 saturated carbocycles. The van der Waals surface area contributed by atoms with Gasteiger partial charge < -0.3 is 14.2 Å². The van der Waals surface area contributed by atoms with E-state index in [1.54, 1.807) is 18.0 Å². The van der Waals surface area contributed by atoms with Gasteiger partial charge in [0.25, 0.3) is 5.91 Å². The SMILES string of the molecule is O=C(CN1CCN(C(=O)c2occc2CSc2ccccc2)CC1)N1CCCC1. The molecule has 2 aromatic rings. The highest BCUT2D eigenvalue weighted by Gasteiger charge is 2.28. The minimum Gasteiger partial charge on any atom is -0.459 e. The number of piperazine rings is 1. The maximum absolute atomic E-state index is 13.0. The first-order chi connectivity index (χ1) is 14.2. The smallest absolute Gasteiger partial charge is 0.289 e. The first-order valence-electron chi connectivity index (χ1n) is 10.2. The van der Waals surface area contributed by atoms with Crippen molar-refractivity contribution in [1.82, 2.24) is 14.7 Å². The second-order valence-electron chi connectivity index (χ2n) is 7.53. The van der Waals surface area contributed by atoms with Gasteiger partial charge >= 0.3 is 0 Å². The summed E-state index contributed by atoms with van der Waals surface area (Å²) in [6, 6.07) is 12.0. The number of thioether (sulfide) groups is 1. The van der Waals surface area contributed by atoms with Crippen LogP contribution in [0.4, 0.5) is 0 Å². The van der Waals surface area contributed by atoms with Crippen LogP contribution >= 0.6 is 11.8 Å². The van der Waals surface area contributed by atoms with Gasteiger partial charge in [0.1, 0.15) is 0 Å². The normalized spacial score (nSPS) is 17.7. The number of likely N-dealkylation sites (tertiary alicyclic amines) is 1. The Balaban J connectivity index is 1.28. The zero-order valence-corrected chi connectivity index (χ0v) is 17.4. The van der Waals surface area contributed by atoms with Gasteiger partial charge in [0.2, 0.25) is 5.91 Å². The van der Waals surface area contributed by atoms with Crippen LogP contribution in [0.5, 0.6) is 0 Å². The second-order valence-corrected chi connectivity index (χ2v) is 8.58. The first kappa shape index (κ1) is 20.0. The van der Waals surface area contributed by atoms with Gasteiger partial charge in [0.15, 0.2) is 5.76 Å². The lowest BCUT2D eigenvalue weighted by molar-refractivity contribution is -0.131. The van der Waals surface area contributed by atoms with E-state index in [1.165, 1.54) is 4.90 Å². The van der Waals surface area contributed by atoms with Crippen LogP contribution in [0.3, 0.4) is 0 Å². The van der Waals surface area contributed by atoms with Crippen LogP contribution < -0.4 is 0 Å². The number of furan rings is 1. The summed E-state index contributed by atoms with van der Waals surface area (Å²) in [4.78, 5) is 32.4. The van der Waals surface area contributed by atoms with Crippen molar-refractivity contribution >= 4 is 23.6 Å². The fourth-order valence-electron chi connectivity index (χ4n) is 3.83. The molecule has 0 aliphatic carbocycles. The number of hydrogen-bond acceptors (Lipinski definition) is 5. The summed E-state index contributed by atoms with van der Waals surface area (Å²) < 4.78 is 5.55. The number of hydrogen-bond donors (Lipinski definition) is 0. The summed E-state index contributed by atoms with van der Waals surface area (Å²) in [5.74, 6) is 1.30. The van der Waals surface area contributed by atoms with Crippen molar-refractivity contribution in [3.8, 4) is 0 Å². The molecule has 1 aromatic heterocycles. The Morgan fingerprint density at radius 3 is 2.34 bits per heavy atom. The molecule has 0 unspecified atom stereocenters.